The fourth-order valence-electron chi connectivity index (χ4n) is 3.09. The number of aliphatic hydroxyl groups is 2. The van der Waals surface area contributed by atoms with Gasteiger partial charge in [0.1, 0.15) is 5.82 Å². The number of benzene rings is 2. The average Bonchev–Trinajstić information content (AvgIpc) is 2.57. The van der Waals surface area contributed by atoms with E-state index in [1.165, 1.54) is 6.08 Å². The second kappa shape index (κ2) is 8.93. The molecule has 5 heteroatoms. The lowest BCUT2D eigenvalue weighted by Gasteiger charge is -2.15. The standard InChI is InChI=1S/C22H25FO4/c1-13-5-4-6-16(9-13)20-10-14(2)22(23)15(3)19(20)8-7-17(24)11-18(25)12-21(26)27/h4-10,17-18,24-25H,11-12H2,1-3H3,(H,26,27)/t17-,18-/m1/s1. The summed E-state index contributed by atoms with van der Waals surface area (Å²) in [5.74, 6) is -1.43. The first-order valence-corrected chi connectivity index (χ1v) is 8.82. The van der Waals surface area contributed by atoms with Gasteiger partial charge in [-0.25, -0.2) is 4.39 Å². The van der Waals surface area contributed by atoms with Crippen molar-refractivity contribution < 1.29 is 24.5 Å². The van der Waals surface area contributed by atoms with Crippen LogP contribution in [0.5, 0.6) is 0 Å². The largest absolute Gasteiger partial charge is 0.481 e. The lowest BCUT2D eigenvalue weighted by Crippen LogP contribution is -2.19. The highest BCUT2D eigenvalue weighted by Gasteiger charge is 2.15. The van der Waals surface area contributed by atoms with E-state index in [-0.39, 0.29) is 12.2 Å². The number of carbonyl (C=O) groups is 1. The lowest BCUT2D eigenvalue weighted by molar-refractivity contribution is -0.139. The van der Waals surface area contributed by atoms with E-state index in [0.717, 1.165) is 16.7 Å². The van der Waals surface area contributed by atoms with Gasteiger partial charge in [0.25, 0.3) is 0 Å². The van der Waals surface area contributed by atoms with E-state index < -0.39 is 24.6 Å². The van der Waals surface area contributed by atoms with Crippen LogP contribution in [-0.4, -0.2) is 33.5 Å². The van der Waals surface area contributed by atoms with E-state index in [0.29, 0.717) is 16.7 Å². The van der Waals surface area contributed by atoms with Crippen LogP contribution in [0, 0.1) is 26.6 Å². The van der Waals surface area contributed by atoms with Crippen LogP contribution in [0.25, 0.3) is 17.2 Å². The SMILES string of the molecule is Cc1cccc(-c2cc(C)c(F)c(C)c2C=C[C@@H](O)C[C@@H](O)CC(=O)O)c1. The quantitative estimate of drug-likeness (QED) is 0.686. The van der Waals surface area contributed by atoms with Gasteiger partial charge in [-0.3, -0.25) is 4.79 Å². The Kier molecular flexibility index (Phi) is 6.88. The lowest BCUT2D eigenvalue weighted by atomic mass is 9.91. The number of carboxylic acid groups (broad SMARTS) is 1. The molecule has 0 fully saturated rings. The van der Waals surface area contributed by atoms with Crippen LogP contribution in [0.4, 0.5) is 4.39 Å². The minimum Gasteiger partial charge on any atom is -0.481 e. The van der Waals surface area contributed by atoms with E-state index in [1.54, 1.807) is 26.0 Å². The number of aliphatic hydroxyl groups excluding tert-OH is 2. The third-order valence-electron chi connectivity index (χ3n) is 4.47. The molecular weight excluding hydrogens is 347 g/mol. The molecule has 0 bridgehead atoms. The highest BCUT2D eigenvalue weighted by atomic mass is 19.1. The number of aliphatic carboxylic acids is 1. The van der Waals surface area contributed by atoms with Gasteiger partial charge in [0.05, 0.1) is 18.6 Å². The predicted molar refractivity (Wildman–Crippen MR) is 104 cm³/mol. The Morgan fingerprint density at radius 2 is 1.89 bits per heavy atom. The molecule has 0 unspecified atom stereocenters. The average molecular weight is 372 g/mol. The molecular formula is C22H25FO4. The van der Waals surface area contributed by atoms with Crippen LogP contribution < -0.4 is 0 Å². The number of aryl methyl sites for hydroxylation is 2. The molecule has 2 atom stereocenters. The van der Waals surface area contributed by atoms with E-state index in [4.69, 9.17) is 5.11 Å². The molecule has 0 heterocycles. The normalized spacial score (nSPS) is 13.7. The summed E-state index contributed by atoms with van der Waals surface area (Å²) in [4.78, 5) is 10.6. The summed E-state index contributed by atoms with van der Waals surface area (Å²) >= 11 is 0. The molecule has 0 amide bonds. The summed E-state index contributed by atoms with van der Waals surface area (Å²) in [6.45, 7) is 5.38. The number of hydrogen-bond donors (Lipinski definition) is 3. The fourth-order valence-corrected chi connectivity index (χ4v) is 3.09. The van der Waals surface area contributed by atoms with Gasteiger partial charge >= 0.3 is 5.97 Å². The second-order valence-corrected chi connectivity index (χ2v) is 6.88. The molecule has 4 nitrogen and oxygen atoms in total. The Labute approximate surface area is 158 Å². The Hall–Kier alpha value is -2.50. The van der Waals surface area contributed by atoms with Gasteiger partial charge in [0.2, 0.25) is 0 Å². The molecule has 0 aliphatic heterocycles. The molecule has 2 aromatic rings. The first kappa shape index (κ1) is 20.8. The topological polar surface area (TPSA) is 77.8 Å². The van der Waals surface area contributed by atoms with E-state index in [1.807, 2.05) is 31.2 Å². The van der Waals surface area contributed by atoms with Crippen molar-refractivity contribution in [3.8, 4) is 11.1 Å². The third kappa shape index (κ3) is 5.49. The summed E-state index contributed by atoms with van der Waals surface area (Å²) < 4.78 is 14.4. The smallest absolute Gasteiger partial charge is 0.305 e. The molecule has 0 saturated heterocycles. The Balaban J connectivity index is 2.37. The van der Waals surface area contributed by atoms with Crippen LogP contribution in [0.3, 0.4) is 0 Å². The molecule has 27 heavy (non-hydrogen) atoms. The van der Waals surface area contributed by atoms with Crippen LogP contribution in [0.2, 0.25) is 0 Å². The van der Waals surface area contributed by atoms with E-state index in [9.17, 15) is 19.4 Å². The van der Waals surface area contributed by atoms with Crippen molar-refractivity contribution in [2.45, 2.75) is 45.8 Å². The highest BCUT2D eigenvalue weighted by Crippen LogP contribution is 2.31. The maximum absolute atomic E-state index is 14.4. The number of carboxylic acids is 1. The molecule has 2 aromatic carbocycles. The first-order valence-electron chi connectivity index (χ1n) is 8.82. The minimum absolute atomic E-state index is 0.101. The molecule has 2 rings (SSSR count). The maximum Gasteiger partial charge on any atom is 0.305 e. The van der Waals surface area contributed by atoms with Gasteiger partial charge in [-0.2, -0.15) is 0 Å². The van der Waals surface area contributed by atoms with E-state index in [2.05, 4.69) is 0 Å². The zero-order valence-electron chi connectivity index (χ0n) is 15.7. The number of halogens is 1. The molecule has 0 aliphatic rings. The monoisotopic (exact) mass is 372 g/mol. The van der Waals surface area contributed by atoms with Crippen molar-refractivity contribution in [2.24, 2.45) is 0 Å². The zero-order valence-corrected chi connectivity index (χ0v) is 15.7. The van der Waals surface area contributed by atoms with Gasteiger partial charge in [-0.1, -0.05) is 42.0 Å². The van der Waals surface area contributed by atoms with Gasteiger partial charge in [0, 0.05) is 6.42 Å². The molecule has 3 N–H and O–H groups in total. The van der Waals surface area contributed by atoms with E-state index >= 15 is 0 Å². The van der Waals surface area contributed by atoms with Crippen LogP contribution in [-0.2, 0) is 4.79 Å². The fraction of sp³-hybridized carbons (Fsp3) is 0.318. The molecule has 144 valence electrons. The summed E-state index contributed by atoms with van der Waals surface area (Å²) in [6, 6.07) is 9.65. The summed E-state index contributed by atoms with van der Waals surface area (Å²) in [5.41, 5.74) is 4.54. The first-order chi connectivity index (χ1) is 12.7. The van der Waals surface area contributed by atoms with Crippen LogP contribution >= 0.6 is 0 Å². The maximum atomic E-state index is 14.4. The Morgan fingerprint density at radius 3 is 2.52 bits per heavy atom. The summed E-state index contributed by atoms with van der Waals surface area (Å²) in [6.07, 6.45) is 0.380. The van der Waals surface area contributed by atoms with Crippen molar-refractivity contribution in [3.05, 3.63) is 64.5 Å². The minimum atomic E-state index is -1.14. The van der Waals surface area contributed by atoms with Crippen molar-refractivity contribution in [1.29, 1.82) is 0 Å². The second-order valence-electron chi connectivity index (χ2n) is 6.88. The van der Waals surface area contributed by atoms with Crippen LogP contribution in [0.15, 0.2) is 36.4 Å². The number of hydrogen-bond acceptors (Lipinski definition) is 3. The third-order valence-corrected chi connectivity index (χ3v) is 4.47. The van der Waals surface area contributed by atoms with Crippen molar-refractivity contribution >= 4 is 12.0 Å². The van der Waals surface area contributed by atoms with Crippen molar-refractivity contribution in [2.75, 3.05) is 0 Å². The van der Waals surface area contributed by atoms with Gasteiger partial charge in [0.15, 0.2) is 0 Å². The Morgan fingerprint density at radius 1 is 1.19 bits per heavy atom. The molecule has 0 aliphatic carbocycles. The van der Waals surface area contributed by atoms with Gasteiger partial charge in [-0.15, -0.1) is 0 Å². The molecule has 0 saturated carbocycles. The predicted octanol–water partition coefficient (Wildman–Crippen LogP) is 4.02. The Bertz CT molecular complexity index is 858. The molecule has 0 aromatic heterocycles. The number of rotatable bonds is 7. The summed E-state index contributed by atoms with van der Waals surface area (Å²) in [7, 11) is 0. The summed E-state index contributed by atoms with van der Waals surface area (Å²) in [5, 5.41) is 28.4. The van der Waals surface area contributed by atoms with Crippen molar-refractivity contribution in [3.63, 3.8) is 0 Å². The zero-order chi connectivity index (χ0) is 20.1. The van der Waals surface area contributed by atoms with Crippen molar-refractivity contribution in [1.82, 2.24) is 0 Å². The molecule has 0 radical (unpaired) electrons. The highest BCUT2D eigenvalue weighted by molar-refractivity contribution is 5.78. The van der Waals surface area contributed by atoms with Gasteiger partial charge in [-0.05, 0) is 54.7 Å². The van der Waals surface area contributed by atoms with Crippen LogP contribution in [0.1, 0.15) is 35.1 Å². The van der Waals surface area contributed by atoms with Gasteiger partial charge < -0.3 is 15.3 Å². The molecule has 0 spiro atoms.